The molecule has 68 heavy (non-hydrogen) atoms. The normalized spacial score (nSPS) is 22.6. The Morgan fingerprint density at radius 3 is 2.28 bits per heavy atom. The van der Waals surface area contributed by atoms with E-state index in [-0.39, 0.29) is 63.3 Å². The highest BCUT2D eigenvalue weighted by Gasteiger charge is 2.65. The van der Waals surface area contributed by atoms with Crippen LogP contribution in [0.25, 0.3) is 11.1 Å². The van der Waals surface area contributed by atoms with Gasteiger partial charge in [-0.2, -0.15) is 0 Å². The molecule has 0 unspecified atom stereocenters. The Morgan fingerprint density at radius 1 is 0.824 bits per heavy atom. The lowest BCUT2D eigenvalue weighted by Gasteiger charge is -2.60. The standard InChI is InChI=1S/C57H62N2O9/c1-3-29-59(56(62)43-23-27-51-52(34-43)64-38-63-51)53-36-49(58-66-37-39-15-7-5-8-16-39)47-33-42(19-11-13-30-60)46(20-12-14-31-61)54-48-35-45(26-28-50(48)68-57(53,55(47)54)65-32-4-2)67-44-24-21-41(22-25-44)40-17-9-6-10-18-40/h4-10,15-18,21-28,33-35,42,46,53-55,60-61H,2-3,11-14,19-20,29-32,36-38H2,1H3/t42-,46+,53-,54+,55+,57+/m0/s1. The predicted molar refractivity (Wildman–Crippen MR) is 262 cm³/mol. The molecule has 5 aromatic rings. The van der Waals surface area contributed by atoms with Crippen molar-refractivity contribution in [2.75, 3.05) is 33.2 Å². The summed E-state index contributed by atoms with van der Waals surface area (Å²) in [6.07, 6.45) is 9.68. The molecule has 1 amide bonds. The number of unbranched alkanes of at least 4 members (excludes halogenated alkanes) is 2. The van der Waals surface area contributed by atoms with Crippen LogP contribution >= 0.6 is 0 Å². The number of oxime groups is 1. The molecule has 11 nitrogen and oxygen atoms in total. The molecular formula is C57H62N2O9. The second-order valence-corrected chi connectivity index (χ2v) is 18.1. The number of ether oxygens (including phenoxy) is 5. The first kappa shape index (κ1) is 46.7. The quantitative estimate of drug-likeness (QED) is 0.0420. The molecule has 2 heterocycles. The van der Waals surface area contributed by atoms with Crippen LogP contribution in [0.5, 0.6) is 28.7 Å². The second kappa shape index (κ2) is 21.7. The third-order valence-corrected chi connectivity index (χ3v) is 13.8. The molecule has 4 aliphatic rings. The van der Waals surface area contributed by atoms with Crippen molar-refractivity contribution in [2.45, 2.75) is 82.6 Å². The van der Waals surface area contributed by atoms with Gasteiger partial charge in [0.25, 0.3) is 5.91 Å². The smallest absolute Gasteiger partial charge is 0.254 e. The van der Waals surface area contributed by atoms with Gasteiger partial charge in [-0.05, 0) is 115 Å². The van der Waals surface area contributed by atoms with Crippen LogP contribution < -0.4 is 18.9 Å². The molecule has 0 spiro atoms. The number of benzene rings is 5. The molecule has 0 aromatic heterocycles. The zero-order valence-electron chi connectivity index (χ0n) is 38.8. The highest BCUT2D eigenvalue weighted by molar-refractivity contribution is 6.03. The molecule has 354 valence electrons. The number of carbonyl (C=O) groups excluding carboxylic acids is 1. The maximum atomic E-state index is 15.2. The molecule has 11 heteroatoms. The van der Waals surface area contributed by atoms with Crippen molar-refractivity contribution in [2.24, 2.45) is 22.9 Å². The van der Waals surface area contributed by atoms with E-state index in [0.717, 1.165) is 59.2 Å². The van der Waals surface area contributed by atoms with Crippen LogP contribution in [0.1, 0.15) is 85.7 Å². The van der Waals surface area contributed by atoms with E-state index in [9.17, 15) is 10.2 Å². The van der Waals surface area contributed by atoms with E-state index in [1.807, 2.05) is 77.7 Å². The van der Waals surface area contributed by atoms with Crippen molar-refractivity contribution in [3.05, 3.63) is 162 Å². The first-order valence-corrected chi connectivity index (χ1v) is 24.2. The van der Waals surface area contributed by atoms with Crippen LogP contribution in [0.3, 0.4) is 0 Å². The molecule has 2 aliphatic carbocycles. The van der Waals surface area contributed by atoms with Crippen LogP contribution in [0.2, 0.25) is 0 Å². The Morgan fingerprint density at radius 2 is 1.53 bits per heavy atom. The number of allylic oxidation sites excluding steroid dienone is 1. The number of rotatable bonds is 21. The number of hydrogen-bond donors (Lipinski definition) is 2. The van der Waals surface area contributed by atoms with Crippen LogP contribution in [0, 0.1) is 17.8 Å². The van der Waals surface area contributed by atoms with E-state index in [4.69, 9.17) is 33.7 Å². The number of amides is 1. The van der Waals surface area contributed by atoms with Gasteiger partial charge in [-0.15, -0.1) is 6.58 Å². The number of aliphatic hydroxyl groups excluding tert-OH is 2. The minimum atomic E-state index is -1.40. The number of hydrogen-bond acceptors (Lipinski definition) is 10. The van der Waals surface area contributed by atoms with Crippen LogP contribution in [-0.2, 0) is 16.2 Å². The summed E-state index contributed by atoms with van der Waals surface area (Å²) >= 11 is 0. The fraction of sp³-hybridized carbons (Fsp3) is 0.368. The minimum absolute atomic E-state index is 0.0539. The van der Waals surface area contributed by atoms with Gasteiger partial charge < -0.3 is 43.6 Å². The van der Waals surface area contributed by atoms with Crippen molar-refractivity contribution in [1.29, 1.82) is 0 Å². The highest BCUT2D eigenvalue weighted by Crippen LogP contribution is 2.62. The second-order valence-electron chi connectivity index (χ2n) is 18.1. The van der Waals surface area contributed by atoms with Crippen molar-refractivity contribution in [3.63, 3.8) is 0 Å². The lowest BCUT2D eigenvalue weighted by Crippen LogP contribution is -2.70. The SMILES string of the molecule is C=CCO[C@@]12Oc3ccc(Oc4ccc(-c5ccccc5)cc4)cc3[C@H]3[C@H](CCCCO)[C@@H](CCCCO)C=C(C(=NOCc4ccccc4)C[C@@H]1N(CCC)C(=O)c1ccc4c(c1)OCO4)[C@H]32. The van der Waals surface area contributed by atoms with Crippen LogP contribution in [0.4, 0.5) is 0 Å². The Hall–Kier alpha value is -6.40. The van der Waals surface area contributed by atoms with Crippen molar-refractivity contribution in [3.8, 4) is 39.9 Å². The number of carbonyl (C=O) groups is 1. The molecule has 5 aromatic carbocycles. The summed E-state index contributed by atoms with van der Waals surface area (Å²) in [7, 11) is 0. The fourth-order valence-corrected chi connectivity index (χ4v) is 10.8. The van der Waals surface area contributed by atoms with Crippen LogP contribution in [0.15, 0.2) is 151 Å². The summed E-state index contributed by atoms with van der Waals surface area (Å²) in [5, 5.41) is 25.1. The molecule has 0 radical (unpaired) electrons. The lowest BCUT2D eigenvalue weighted by atomic mass is 9.55. The molecular weight excluding hydrogens is 857 g/mol. The van der Waals surface area contributed by atoms with Gasteiger partial charge >= 0.3 is 0 Å². The summed E-state index contributed by atoms with van der Waals surface area (Å²) in [5.41, 5.74) is 6.35. The van der Waals surface area contributed by atoms with E-state index in [2.05, 4.69) is 49.9 Å². The summed E-state index contributed by atoms with van der Waals surface area (Å²) in [6, 6.07) is 39.0. The average molecular weight is 919 g/mol. The van der Waals surface area contributed by atoms with Crippen LogP contribution in [-0.4, -0.2) is 71.7 Å². The molecule has 0 saturated heterocycles. The van der Waals surface area contributed by atoms with Gasteiger partial charge in [0.15, 0.2) is 11.5 Å². The van der Waals surface area contributed by atoms with Gasteiger partial charge in [-0.3, -0.25) is 4.79 Å². The first-order chi connectivity index (χ1) is 33.4. The minimum Gasteiger partial charge on any atom is -0.459 e. The van der Waals surface area contributed by atoms with Gasteiger partial charge in [0.1, 0.15) is 29.9 Å². The molecule has 2 aliphatic heterocycles. The maximum absolute atomic E-state index is 15.2. The summed E-state index contributed by atoms with van der Waals surface area (Å²) < 4.78 is 32.7. The van der Waals surface area contributed by atoms with Crippen molar-refractivity contribution >= 4 is 11.6 Å². The molecule has 9 rings (SSSR count). The van der Waals surface area contributed by atoms with Gasteiger partial charge in [-0.1, -0.05) is 110 Å². The lowest BCUT2D eigenvalue weighted by molar-refractivity contribution is -0.254. The van der Waals surface area contributed by atoms with E-state index in [1.54, 1.807) is 24.3 Å². The van der Waals surface area contributed by atoms with E-state index >= 15 is 4.79 Å². The number of aliphatic hydroxyl groups is 2. The third kappa shape index (κ3) is 9.79. The van der Waals surface area contributed by atoms with E-state index in [0.29, 0.717) is 60.1 Å². The van der Waals surface area contributed by atoms with E-state index in [1.165, 1.54) is 0 Å². The Bertz CT molecular complexity index is 2560. The Labute approximate surface area is 399 Å². The Balaban J connectivity index is 1.20. The molecule has 0 bridgehead atoms. The monoisotopic (exact) mass is 918 g/mol. The largest absolute Gasteiger partial charge is 0.459 e. The van der Waals surface area contributed by atoms with Crippen molar-refractivity contribution < 1.29 is 43.5 Å². The first-order valence-electron chi connectivity index (χ1n) is 24.2. The summed E-state index contributed by atoms with van der Waals surface area (Å²) in [5.74, 6) is 0.994. The average Bonchev–Trinajstić information content (AvgIpc) is 3.85. The third-order valence-electron chi connectivity index (χ3n) is 13.8. The van der Waals surface area contributed by atoms with E-state index < -0.39 is 17.7 Å². The molecule has 2 N–H and O–H groups in total. The van der Waals surface area contributed by atoms with Gasteiger partial charge in [0, 0.05) is 43.2 Å². The summed E-state index contributed by atoms with van der Waals surface area (Å²) in [4.78, 5) is 23.4. The van der Waals surface area contributed by atoms with Gasteiger partial charge in [-0.25, -0.2) is 0 Å². The van der Waals surface area contributed by atoms with Gasteiger partial charge in [0.05, 0.1) is 18.2 Å². The van der Waals surface area contributed by atoms with Crippen molar-refractivity contribution in [1.82, 2.24) is 4.90 Å². The zero-order valence-corrected chi connectivity index (χ0v) is 38.8. The number of fused-ring (bicyclic) bond motifs is 3. The molecule has 1 saturated carbocycles. The maximum Gasteiger partial charge on any atom is 0.254 e. The predicted octanol–water partition coefficient (Wildman–Crippen LogP) is 11.3. The summed E-state index contributed by atoms with van der Waals surface area (Å²) in [6.45, 7) is 7.28. The zero-order chi connectivity index (χ0) is 46.9. The topological polar surface area (TPSA) is 129 Å². The fourth-order valence-electron chi connectivity index (χ4n) is 10.8. The number of nitrogens with zero attached hydrogens (tertiary/aromatic N) is 2. The van der Waals surface area contributed by atoms with Gasteiger partial charge in [0.2, 0.25) is 12.6 Å². The molecule has 1 fully saturated rings. The highest BCUT2D eigenvalue weighted by atomic mass is 16.7. The Kier molecular flexibility index (Phi) is 14.9. The molecule has 6 atom stereocenters.